The fraction of sp³-hybridized carbons (Fsp3) is 0.385. The summed E-state index contributed by atoms with van der Waals surface area (Å²) < 4.78 is 16.0. The van der Waals surface area contributed by atoms with Crippen LogP contribution in [0.15, 0.2) is 42.5 Å². The third-order valence-corrected chi connectivity index (χ3v) is 6.09. The number of rotatable bonds is 7. The lowest BCUT2D eigenvalue weighted by Crippen LogP contribution is -2.73. The molecule has 0 bridgehead atoms. The van der Waals surface area contributed by atoms with Crippen molar-refractivity contribution in [2.75, 3.05) is 20.8 Å². The van der Waals surface area contributed by atoms with Crippen molar-refractivity contribution in [1.82, 2.24) is 15.1 Å². The van der Waals surface area contributed by atoms with Crippen molar-refractivity contribution in [2.45, 2.75) is 45.0 Å². The van der Waals surface area contributed by atoms with Gasteiger partial charge in [-0.05, 0) is 45.0 Å². The third kappa shape index (κ3) is 4.71. The first-order valence-corrected chi connectivity index (χ1v) is 11.5. The number of fused-ring (bicyclic) bond motifs is 1. The highest BCUT2D eigenvalue weighted by molar-refractivity contribution is 6.21. The molecule has 190 valence electrons. The van der Waals surface area contributed by atoms with E-state index in [4.69, 9.17) is 14.2 Å². The summed E-state index contributed by atoms with van der Waals surface area (Å²) in [6, 6.07) is 10.2. The van der Waals surface area contributed by atoms with Crippen LogP contribution in [0.2, 0.25) is 0 Å². The number of ether oxygens (including phenoxy) is 3. The first-order valence-electron chi connectivity index (χ1n) is 11.5. The largest absolute Gasteiger partial charge is 0.497 e. The summed E-state index contributed by atoms with van der Waals surface area (Å²) in [5, 5.41) is 2.61. The molecule has 4 amide bonds. The molecule has 2 aromatic carbocycles. The van der Waals surface area contributed by atoms with Gasteiger partial charge in [-0.3, -0.25) is 19.3 Å². The summed E-state index contributed by atoms with van der Waals surface area (Å²) in [6.07, 6.45) is -0.755. The summed E-state index contributed by atoms with van der Waals surface area (Å²) in [5.41, 5.74) is 0.571. The number of benzene rings is 2. The molecule has 0 aliphatic carbocycles. The summed E-state index contributed by atoms with van der Waals surface area (Å²) in [7, 11) is 3.05. The lowest BCUT2D eigenvalue weighted by atomic mass is 9.93. The van der Waals surface area contributed by atoms with Gasteiger partial charge in [0, 0.05) is 18.2 Å². The number of nitrogens with one attached hydrogen (secondary N) is 1. The molecule has 2 aliphatic heterocycles. The Hall–Kier alpha value is -4.08. The molecule has 10 heteroatoms. The number of hydrogen-bond acceptors (Lipinski definition) is 7. The monoisotopic (exact) mass is 495 g/mol. The van der Waals surface area contributed by atoms with Crippen molar-refractivity contribution in [3.63, 3.8) is 0 Å². The maximum absolute atomic E-state index is 13.2. The molecule has 1 N–H and O–H groups in total. The van der Waals surface area contributed by atoms with Crippen molar-refractivity contribution < 1.29 is 33.4 Å². The highest BCUT2D eigenvalue weighted by Crippen LogP contribution is 2.32. The van der Waals surface area contributed by atoms with E-state index in [9.17, 15) is 19.2 Å². The number of likely N-dealkylation sites (tertiary alicyclic amines) is 1. The summed E-state index contributed by atoms with van der Waals surface area (Å²) >= 11 is 0. The van der Waals surface area contributed by atoms with Gasteiger partial charge in [-0.1, -0.05) is 12.1 Å². The molecule has 0 radical (unpaired) electrons. The fourth-order valence-electron chi connectivity index (χ4n) is 4.35. The average Bonchev–Trinajstić information content (AvgIpc) is 3.08. The van der Waals surface area contributed by atoms with E-state index in [2.05, 4.69) is 5.32 Å². The van der Waals surface area contributed by atoms with E-state index in [1.165, 1.54) is 12.0 Å². The van der Waals surface area contributed by atoms with Gasteiger partial charge in [0.15, 0.2) is 0 Å². The van der Waals surface area contributed by atoms with Crippen LogP contribution < -0.4 is 14.8 Å². The Morgan fingerprint density at radius 3 is 2.17 bits per heavy atom. The topological polar surface area (TPSA) is 114 Å². The number of hydrogen-bond donors (Lipinski definition) is 1. The molecule has 0 spiro atoms. The van der Waals surface area contributed by atoms with Crippen molar-refractivity contribution in [2.24, 2.45) is 0 Å². The van der Waals surface area contributed by atoms with Gasteiger partial charge in [0.05, 0.1) is 37.9 Å². The standard InChI is InChI=1S/C26H29N3O7/c1-26(2,3)36-25(33)27-21-19(14-29-22(30)17-8-6-7-9-18(17)23(29)31)28(24(21)32)13-15-10-11-16(34-4)12-20(15)35-5/h6-12,19,21H,13-14H2,1-5H3,(H,27,33). The molecule has 4 rings (SSSR count). The van der Waals surface area contributed by atoms with Gasteiger partial charge >= 0.3 is 6.09 Å². The minimum absolute atomic E-state index is 0.0863. The number of β-lactam (4-membered cyclic amide) rings is 1. The number of methoxy groups -OCH3 is 2. The summed E-state index contributed by atoms with van der Waals surface area (Å²) in [5.74, 6) is -0.121. The highest BCUT2D eigenvalue weighted by atomic mass is 16.6. The quantitative estimate of drug-likeness (QED) is 0.464. The number of amides is 4. The second-order valence-electron chi connectivity index (χ2n) is 9.60. The number of carbonyl (C=O) groups excluding carboxylic acids is 4. The van der Waals surface area contributed by atoms with E-state index in [-0.39, 0.29) is 19.0 Å². The Balaban J connectivity index is 1.59. The van der Waals surface area contributed by atoms with Crippen LogP contribution in [0.3, 0.4) is 0 Å². The van der Waals surface area contributed by atoms with Crippen molar-refractivity contribution in [1.29, 1.82) is 0 Å². The first-order chi connectivity index (χ1) is 17.0. The second-order valence-corrected chi connectivity index (χ2v) is 9.60. The van der Waals surface area contributed by atoms with E-state index in [0.29, 0.717) is 28.2 Å². The molecule has 2 heterocycles. The van der Waals surface area contributed by atoms with Crippen LogP contribution in [0.1, 0.15) is 47.1 Å². The lowest BCUT2D eigenvalue weighted by molar-refractivity contribution is -0.152. The molecule has 10 nitrogen and oxygen atoms in total. The van der Waals surface area contributed by atoms with Gasteiger partial charge in [-0.15, -0.1) is 0 Å². The Morgan fingerprint density at radius 1 is 0.972 bits per heavy atom. The molecule has 2 atom stereocenters. The lowest BCUT2D eigenvalue weighted by Gasteiger charge is -2.48. The van der Waals surface area contributed by atoms with Crippen molar-refractivity contribution in [3.05, 3.63) is 59.2 Å². The molecule has 36 heavy (non-hydrogen) atoms. The van der Waals surface area contributed by atoms with E-state index in [1.807, 2.05) is 0 Å². The predicted molar refractivity (Wildman–Crippen MR) is 129 cm³/mol. The average molecular weight is 496 g/mol. The maximum atomic E-state index is 13.2. The van der Waals surface area contributed by atoms with Crippen LogP contribution in [0.5, 0.6) is 11.5 Å². The molecular weight excluding hydrogens is 466 g/mol. The zero-order valence-electron chi connectivity index (χ0n) is 20.9. The van der Waals surface area contributed by atoms with Gasteiger partial charge in [-0.2, -0.15) is 0 Å². The van der Waals surface area contributed by atoms with E-state index in [1.54, 1.807) is 70.3 Å². The Morgan fingerprint density at radius 2 is 1.61 bits per heavy atom. The minimum atomic E-state index is -0.964. The Kier molecular flexibility index (Phi) is 6.62. The van der Waals surface area contributed by atoms with E-state index < -0.39 is 35.6 Å². The van der Waals surface area contributed by atoms with Crippen LogP contribution in [0, 0.1) is 0 Å². The summed E-state index contributed by atoms with van der Waals surface area (Å²) in [6.45, 7) is 5.21. The first kappa shape index (κ1) is 25.0. The van der Waals surface area contributed by atoms with Gasteiger partial charge in [0.1, 0.15) is 23.1 Å². The zero-order chi connectivity index (χ0) is 26.2. The van der Waals surface area contributed by atoms with Crippen LogP contribution in [-0.2, 0) is 16.1 Å². The molecule has 2 aromatic rings. The maximum Gasteiger partial charge on any atom is 0.408 e. The molecule has 2 unspecified atom stereocenters. The number of imide groups is 1. The molecule has 2 aliphatic rings. The number of alkyl carbamates (subject to hydrolysis) is 1. The van der Waals surface area contributed by atoms with Crippen LogP contribution in [0.25, 0.3) is 0 Å². The SMILES string of the molecule is COc1ccc(CN2C(=O)C(NC(=O)OC(C)(C)C)C2CN2C(=O)c3ccccc3C2=O)c(OC)c1. The highest BCUT2D eigenvalue weighted by Gasteiger charge is 2.51. The van der Waals surface area contributed by atoms with Crippen LogP contribution >= 0.6 is 0 Å². The molecular formula is C26H29N3O7. The number of carbonyl (C=O) groups is 4. The second kappa shape index (κ2) is 9.52. The van der Waals surface area contributed by atoms with Gasteiger partial charge < -0.3 is 24.4 Å². The fourth-order valence-corrected chi connectivity index (χ4v) is 4.35. The minimum Gasteiger partial charge on any atom is -0.497 e. The number of nitrogens with zero attached hydrogens (tertiary/aromatic N) is 2. The van der Waals surface area contributed by atoms with E-state index >= 15 is 0 Å². The molecule has 0 aromatic heterocycles. The van der Waals surface area contributed by atoms with Crippen LogP contribution in [-0.4, -0.2) is 72.1 Å². The normalized spacial score (nSPS) is 19.1. The molecule has 0 saturated carbocycles. The summed E-state index contributed by atoms with van der Waals surface area (Å²) in [4.78, 5) is 54.2. The third-order valence-electron chi connectivity index (χ3n) is 6.09. The van der Waals surface area contributed by atoms with Gasteiger partial charge in [0.25, 0.3) is 11.8 Å². The smallest absolute Gasteiger partial charge is 0.408 e. The van der Waals surface area contributed by atoms with Crippen LogP contribution in [0.4, 0.5) is 4.79 Å². The van der Waals surface area contributed by atoms with Gasteiger partial charge in [-0.25, -0.2) is 4.79 Å². The zero-order valence-corrected chi connectivity index (χ0v) is 20.9. The predicted octanol–water partition coefficient (Wildman–Crippen LogP) is 2.60. The Labute approximate surface area is 209 Å². The molecule has 1 fully saturated rings. The Bertz CT molecular complexity index is 1190. The van der Waals surface area contributed by atoms with E-state index in [0.717, 1.165) is 4.90 Å². The molecule has 1 saturated heterocycles. The van der Waals surface area contributed by atoms with Crippen molar-refractivity contribution in [3.8, 4) is 11.5 Å². The van der Waals surface area contributed by atoms with Crippen molar-refractivity contribution >= 4 is 23.8 Å². The van der Waals surface area contributed by atoms with Gasteiger partial charge in [0.2, 0.25) is 5.91 Å².